The first-order chi connectivity index (χ1) is 16.2. The smallest absolute Gasteiger partial charge is 0.265 e. The average molecular weight is 463 g/mol. The van der Waals surface area contributed by atoms with Crippen LogP contribution < -0.4 is 19.7 Å². The Morgan fingerprint density at radius 3 is 2.44 bits per heavy atom. The van der Waals surface area contributed by atoms with Gasteiger partial charge in [-0.2, -0.15) is 0 Å². The average Bonchev–Trinajstić information content (AvgIpc) is 2.80. The minimum Gasteiger partial charge on any atom is -0.492 e. The lowest BCUT2D eigenvalue weighted by Gasteiger charge is -2.29. The number of nitrogens with zero attached hydrogens (tertiary/aromatic N) is 1. The van der Waals surface area contributed by atoms with Gasteiger partial charge in [-0.25, -0.2) is 4.39 Å². The molecule has 0 unspecified atom stereocenters. The highest BCUT2D eigenvalue weighted by molar-refractivity contribution is 6.05. The molecule has 7 heteroatoms. The van der Waals surface area contributed by atoms with Crippen LogP contribution in [0.15, 0.2) is 66.7 Å². The Kier molecular flexibility index (Phi) is 6.54. The second kappa shape index (κ2) is 9.55. The summed E-state index contributed by atoms with van der Waals surface area (Å²) in [7, 11) is 0. The summed E-state index contributed by atoms with van der Waals surface area (Å²) >= 11 is 0. The molecule has 4 rings (SSSR count). The zero-order valence-electron chi connectivity index (χ0n) is 19.4. The van der Waals surface area contributed by atoms with Gasteiger partial charge in [0.1, 0.15) is 23.9 Å². The molecule has 0 saturated heterocycles. The van der Waals surface area contributed by atoms with E-state index in [1.165, 1.54) is 29.8 Å². The zero-order valence-corrected chi connectivity index (χ0v) is 19.4. The SMILES string of the molecule is CC(C)(C)c1ccc(OCCN2C(=O)COc3ccc(NC(=O)c4ccc(F)cc4)cc32)cc1. The van der Waals surface area contributed by atoms with E-state index in [1.54, 1.807) is 23.1 Å². The number of halogens is 1. The molecule has 34 heavy (non-hydrogen) atoms. The second-order valence-electron chi connectivity index (χ2n) is 9.10. The summed E-state index contributed by atoms with van der Waals surface area (Å²) in [4.78, 5) is 26.6. The van der Waals surface area contributed by atoms with E-state index < -0.39 is 5.82 Å². The van der Waals surface area contributed by atoms with Crippen molar-refractivity contribution < 1.29 is 23.5 Å². The maximum absolute atomic E-state index is 13.1. The topological polar surface area (TPSA) is 67.9 Å². The summed E-state index contributed by atoms with van der Waals surface area (Å²) in [6, 6.07) is 18.3. The van der Waals surface area contributed by atoms with Crippen LogP contribution in [0.1, 0.15) is 36.7 Å². The molecular weight excluding hydrogens is 435 g/mol. The first-order valence-corrected chi connectivity index (χ1v) is 11.1. The molecule has 0 bridgehead atoms. The minimum absolute atomic E-state index is 0.0609. The van der Waals surface area contributed by atoms with Crippen molar-refractivity contribution in [2.75, 3.05) is 30.0 Å². The van der Waals surface area contributed by atoms with E-state index >= 15 is 0 Å². The van der Waals surface area contributed by atoms with Crippen molar-refractivity contribution >= 4 is 23.2 Å². The van der Waals surface area contributed by atoms with Crippen LogP contribution in [0.2, 0.25) is 0 Å². The Bertz CT molecular complexity index is 1180. The van der Waals surface area contributed by atoms with E-state index in [0.717, 1.165) is 5.75 Å². The first-order valence-electron chi connectivity index (χ1n) is 11.1. The molecule has 0 aliphatic carbocycles. The summed E-state index contributed by atoms with van der Waals surface area (Å²) in [5.74, 6) is 0.296. The number of carbonyl (C=O) groups excluding carboxylic acids is 2. The van der Waals surface area contributed by atoms with Crippen molar-refractivity contribution in [1.29, 1.82) is 0 Å². The van der Waals surface area contributed by atoms with Gasteiger partial charge in [0.25, 0.3) is 11.8 Å². The Hall–Kier alpha value is -3.87. The maximum Gasteiger partial charge on any atom is 0.265 e. The molecule has 2 amide bonds. The number of rotatable bonds is 6. The molecule has 0 radical (unpaired) electrons. The molecule has 1 aliphatic rings. The second-order valence-corrected chi connectivity index (χ2v) is 9.10. The van der Waals surface area contributed by atoms with Gasteiger partial charge in [0.05, 0.1) is 12.2 Å². The van der Waals surface area contributed by atoms with Crippen LogP contribution >= 0.6 is 0 Å². The number of hydrogen-bond donors (Lipinski definition) is 1. The summed E-state index contributed by atoms with van der Waals surface area (Å²) in [5, 5.41) is 2.78. The van der Waals surface area contributed by atoms with Crippen LogP contribution in [0, 0.1) is 5.82 Å². The first kappa shape index (κ1) is 23.3. The van der Waals surface area contributed by atoms with Crippen molar-refractivity contribution in [3.05, 3.63) is 83.7 Å². The number of amides is 2. The summed E-state index contributed by atoms with van der Waals surface area (Å²) < 4.78 is 24.5. The monoisotopic (exact) mass is 462 g/mol. The molecule has 0 saturated carbocycles. The number of benzene rings is 3. The maximum atomic E-state index is 13.1. The largest absolute Gasteiger partial charge is 0.492 e. The predicted octanol–water partition coefficient (Wildman–Crippen LogP) is 5.18. The van der Waals surface area contributed by atoms with Crippen LogP contribution in [0.5, 0.6) is 11.5 Å². The van der Waals surface area contributed by atoms with E-state index in [2.05, 4.69) is 26.1 Å². The van der Waals surface area contributed by atoms with Gasteiger partial charge < -0.3 is 19.7 Å². The van der Waals surface area contributed by atoms with Gasteiger partial charge in [-0.05, 0) is 65.6 Å². The Balaban J connectivity index is 1.43. The molecule has 0 atom stereocenters. The number of fused-ring (bicyclic) bond motifs is 1. The van der Waals surface area contributed by atoms with Gasteiger partial charge in [-0.3, -0.25) is 9.59 Å². The molecule has 1 N–H and O–H groups in total. The highest BCUT2D eigenvalue weighted by Crippen LogP contribution is 2.34. The molecular formula is C27H27FN2O4. The van der Waals surface area contributed by atoms with Crippen LogP contribution in [-0.2, 0) is 10.2 Å². The van der Waals surface area contributed by atoms with Gasteiger partial charge in [-0.15, -0.1) is 0 Å². The number of carbonyl (C=O) groups is 2. The van der Waals surface area contributed by atoms with Gasteiger partial charge in [-0.1, -0.05) is 32.9 Å². The van der Waals surface area contributed by atoms with Crippen LogP contribution in [-0.4, -0.2) is 31.6 Å². The fourth-order valence-electron chi connectivity index (χ4n) is 3.64. The predicted molar refractivity (Wildman–Crippen MR) is 129 cm³/mol. The normalized spacial score (nSPS) is 13.2. The van der Waals surface area contributed by atoms with Crippen molar-refractivity contribution in [1.82, 2.24) is 0 Å². The number of ether oxygens (including phenoxy) is 2. The van der Waals surface area contributed by atoms with E-state index in [1.807, 2.05) is 24.3 Å². The molecule has 0 fully saturated rings. The quantitative estimate of drug-likeness (QED) is 0.548. The third-order valence-corrected chi connectivity index (χ3v) is 5.57. The van der Waals surface area contributed by atoms with Crippen LogP contribution in [0.4, 0.5) is 15.8 Å². The molecule has 0 spiro atoms. The molecule has 3 aromatic carbocycles. The number of hydrogen-bond acceptors (Lipinski definition) is 4. The lowest BCUT2D eigenvalue weighted by Crippen LogP contribution is -2.41. The Morgan fingerprint density at radius 2 is 1.76 bits per heavy atom. The fraction of sp³-hybridized carbons (Fsp3) is 0.259. The van der Waals surface area contributed by atoms with Gasteiger partial charge >= 0.3 is 0 Å². The molecule has 1 aliphatic heterocycles. The number of nitrogens with one attached hydrogen (secondary N) is 1. The van der Waals surface area contributed by atoms with E-state index in [0.29, 0.717) is 35.8 Å². The van der Waals surface area contributed by atoms with E-state index in [9.17, 15) is 14.0 Å². The van der Waals surface area contributed by atoms with Crippen LogP contribution in [0.3, 0.4) is 0 Å². The number of anilines is 2. The highest BCUT2D eigenvalue weighted by atomic mass is 19.1. The van der Waals surface area contributed by atoms with Gasteiger partial charge in [0, 0.05) is 11.3 Å². The molecule has 0 aromatic heterocycles. The minimum atomic E-state index is -0.413. The van der Waals surface area contributed by atoms with Crippen molar-refractivity contribution in [2.45, 2.75) is 26.2 Å². The third-order valence-electron chi connectivity index (χ3n) is 5.57. The van der Waals surface area contributed by atoms with Crippen molar-refractivity contribution in [2.24, 2.45) is 0 Å². The summed E-state index contributed by atoms with van der Waals surface area (Å²) in [6.45, 7) is 7.02. The van der Waals surface area contributed by atoms with Crippen LogP contribution in [0.25, 0.3) is 0 Å². The van der Waals surface area contributed by atoms with Gasteiger partial charge in [0.2, 0.25) is 0 Å². The Morgan fingerprint density at radius 1 is 1.06 bits per heavy atom. The lowest BCUT2D eigenvalue weighted by molar-refractivity contribution is -0.121. The van der Waals surface area contributed by atoms with Gasteiger partial charge in [0.15, 0.2) is 6.61 Å². The molecule has 3 aromatic rings. The molecule has 1 heterocycles. The molecule has 176 valence electrons. The van der Waals surface area contributed by atoms with Crippen molar-refractivity contribution in [3.8, 4) is 11.5 Å². The molecule has 6 nitrogen and oxygen atoms in total. The zero-order chi connectivity index (χ0) is 24.3. The fourth-order valence-corrected chi connectivity index (χ4v) is 3.64. The Labute approximate surface area is 198 Å². The standard InChI is InChI=1S/C27H27FN2O4/c1-27(2,3)19-6-11-22(12-7-19)33-15-14-30-23-16-21(10-13-24(23)34-17-25(30)31)29-26(32)18-4-8-20(28)9-5-18/h4-13,16H,14-15,17H2,1-3H3,(H,29,32). The summed E-state index contributed by atoms with van der Waals surface area (Å²) in [5.41, 5.74) is 2.66. The van der Waals surface area contributed by atoms with Crippen molar-refractivity contribution in [3.63, 3.8) is 0 Å². The lowest BCUT2D eigenvalue weighted by atomic mass is 9.87. The highest BCUT2D eigenvalue weighted by Gasteiger charge is 2.26. The van der Waals surface area contributed by atoms with E-state index in [-0.39, 0.29) is 23.8 Å². The third kappa shape index (κ3) is 5.36. The van der Waals surface area contributed by atoms with E-state index in [4.69, 9.17) is 9.47 Å². The summed E-state index contributed by atoms with van der Waals surface area (Å²) in [6.07, 6.45) is 0.